The zero-order chi connectivity index (χ0) is 16.5. The number of benzene rings is 2. The topological polar surface area (TPSA) is 83.5 Å². The van der Waals surface area contributed by atoms with Crippen molar-refractivity contribution in [2.45, 2.75) is 18.7 Å². The minimum Gasteiger partial charge on any atom is -0.478 e. The summed E-state index contributed by atoms with van der Waals surface area (Å²) in [6.45, 7) is 3.72. The summed E-state index contributed by atoms with van der Waals surface area (Å²) in [6, 6.07) is 9.22. The molecule has 0 unspecified atom stereocenters. The van der Waals surface area contributed by atoms with Crippen LogP contribution in [0.3, 0.4) is 0 Å². The van der Waals surface area contributed by atoms with Crippen molar-refractivity contribution in [2.24, 2.45) is 0 Å². The molecule has 2 rings (SSSR count). The number of carbonyl (C=O) groups is 1. The molecule has 2 aromatic carbocycles. The van der Waals surface area contributed by atoms with E-state index in [4.69, 9.17) is 5.11 Å². The van der Waals surface area contributed by atoms with E-state index in [0.717, 1.165) is 17.2 Å². The van der Waals surface area contributed by atoms with Gasteiger partial charge in [0.2, 0.25) is 0 Å². The van der Waals surface area contributed by atoms with Gasteiger partial charge < -0.3 is 5.11 Å². The van der Waals surface area contributed by atoms with Gasteiger partial charge in [0.1, 0.15) is 0 Å². The largest absolute Gasteiger partial charge is 0.478 e. The zero-order valence-electron chi connectivity index (χ0n) is 11.9. The summed E-state index contributed by atoms with van der Waals surface area (Å²) in [5.74, 6) is -1.20. The second kappa shape index (κ2) is 6.10. The molecule has 2 aromatic rings. The molecular formula is C15H14BrNO4S. The van der Waals surface area contributed by atoms with E-state index in [9.17, 15) is 13.2 Å². The van der Waals surface area contributed by atoms with Crippen molar-refractivity contribution in [2.75, 3.05) is 4.72 Å². The first-order chi connectivity index (χ1) is 10.2. The van der Waals surface area contributed by atoms with Crippen molar-refractivity contribution < 1.29 is 18.3 Å². The predicted molar refractivity (Wildman–Crippen MR) is 87.8 cm³/mol. The van der Waals surface area contributed by atoms with Gasteiger partial charge >= 0.3 is 5.97 Å². The number of rotatable bonds is 4. The van der Waals surface area contributed by atoms with E-state index in [-0.39, 0.29) is 10.5 Å². The summed E-state index contributed by atoms with van der Waals surface area (Å²) in [5.41, 5.74) is 2.17. The standard InChI is InChI=1S/C15H14BrNO4S/c1-9-3-6-14(10(2)7-9)17-22(20,21)11-4-5-13(16)12(8-11)15(18)19/h3-8,17H,1-2H3,(H,18,19). The molecule has 0 heterocycles. The van der Waals surface area contributed by atoms with Crippen molar-refractivity contribution in [3.05, 3.63) is 57.6 Å². The Morgan fingerprint density at radius 3 is 2.41 bits per heavy atom. The Morgan fingerprint density at radius 1 is 1.14 bits per heavy atom. The summed E-state index contributed by atoms with van der Waals surface area (Å²) in [7, 11) is -3.86. The molecule has 0 saturated carbocycles. The van der Waals surface area contributed by atoms with Gasteiger partial charge in [-0.1, -0.05) is 17.7 Å². The highest BCUT2D eigenvalue weighted by Crippen LogP contribution is 2.24. The molecule has 5 nitrogen and oxygen atoms in total. The van der Waals surface area contributed by atoms with Gasteiger partial charge in [-0.3, -0.25) is 4.72 Å². The normalized spacial score (nSPS) is 11.2. The van der Waals surface area contributed by atoms with Crippen LogP contribution < -0.4 is 4.72 Å². The number of hydrogen-bond acceptors (Lipinski definition) is 3. The van der Waals surface area contributed by atoms with Gasteiger partial charge in [-0.15, -0.1) is 0 Å². The van der Waals surface area contributed by atoms with Crippen LogP contribution in [0.15, 0.2) is 45.8 Å². The Bertz CT molecular complexity index is 847. The molecule has 22 heavy (non-hydrogen) atoms. The van der Waals surface area contributed by atoms with Crippen LogP contribution in [0.1, 0.15) is 21.5 Å². The Balaban J connectivity index is 2.42. The van der Waals surface area contributed by atoms with Gasteiger partial charge in [0.25, 0.3) is 10.0 Å². The lowest BCUT2D eigenvalue weighted by Crippen LogP contribution is -2.14. The summed E-state index contributed by atoms with van der Waals surface area (Å²) < 4.78 is 27.6. The van der Waals surface area contributed by atoms with Crippen molar-refractivity contribution in [1.82, 2.24) is 0 Å². The van der Waals surface area contributed by atoms with Crippen LogP contribution in [0.4, 0.5) is 5.69 Å². The fraction of sp³-hybridized carbons (Fsp3) is 0.133. The minimum absolute atomic E-state index is 0.104. The predicted octanol–water partition coefficient (Wildman–Crippen LogP) is 3.56. The Hall–Kier alpha value is -1.86. The summed E-state index contributed by atoms with van der Waals surface area (Å²) >= 11 is 3.09. The van der Waals surface area contributed by atoms with Crippen LogP contribution in [0.2, 0.25) is 0 Å². The second-order valence-electron chi connectivity index (χ2n) is 4.87. The molecular weight excluding hydrogens is 370 g/mol. The monoisotopic (exact) mass is 383 g/mol. The molecule has 0 saturated heterocycles. The van der Waals surface area contributed by atoms with Crippen LogP contribution in [0, 0.1) is 13.8 Å². The first-order valence-electron chi connectivity index (χ1n) is 6.33. The number of aromatic carboxylic acids is 1. The van der Waals surface area contributed by atoms with Crippen molar-refractivity contribution in [1.29, 1.82) is 0 Å². The highest BCUT2D eigenvalue weighted by molar-refractivity contribution is 9.10. The molecule has 0 bridgehead atoms. The molecule has 0 atom stereocenters. The average molecular weight is 384 g/mol. The van der Waals surface area contributed by atoms with E-state index in [0.29, 0.717) is 10.2 Å². The number of carboxylic acid groups (broad SMARTS) is 1. The summed E-state index contributed by atoms with van der Waals surface area (Å²) in [4.78, 5) is 11.0. The lowest BCUT2D eigenvalue weighted by Gasteiger charge is -2.12. The third kappa shape index (κ3) is 3.48. The fourth-order valence-electron chi connectivity index (χ4n) is 1.97. The van der Waals surface area contributed by atoms with E-state index in [2.05, 4.69) is 20.7 Å². The SMILES string of the molecule is Cc1ccc(NS(=O)(=O)c2ccc(Br)c(C(=O)O)c2)c(C)c1. The van der Waals surface area contributed by atoms with E-state index in [1.807, 2.05) is 13.0 Å². The Kier molecular flexibility index (Phi) is 4.58. The van der Waals surface area contributed by atoms with E-state index in [1.165, 1.54) is 12.1 Å². The first-order valence-corrected chi connectivity index (χ1v) is 8.61. The fourth-order valence-corrected chi connectivity index (χ4v) is 3.54. The molecule has 0 amide bonds. The quantitative estimate of drug-likeness (QED) is 0.844. The number of anilines is 1. The highest BCUT2D eigenvalue weighted by atomic mass is 79.9. The van der Waals surface area contributed by atoms with Crippen molar-refractivity contribution >= 4 is 37.6 Å². The molecule has 0 aliphatic heterocycles. The Morgan fingerprint density at radius 2 is 1.82 bits per heavy atom. The number of sulfonamides is 1. The third-order valence-electron chi connectivity index (χ3n) is 3.10. The van der Waals surface area contributed by atoms with Crippen LogP contribution in [0.5, 0.6) is 0 Å². The van der Waals surface area contributed by atoms with Gasteiger partial charge in [-0.25, -0.2) is 13.2 Å². The average Bonchev–Trinajstić information content (AvgIpc) is 2.42. The Labute approximate surface area is 137 Å². The van der Waals surface area contributed by atoms with E-state index >= 15 is 0 Å². The third-order valence-corrected chi connectivity index (χ3v) is 5.16. The maximum atomic E-state index is 12.4. The maximum Gasteiger partial charge on any atom is 0.336 e. The number of hydrogen-bond donors (Lipinski definition) is 2. The molecule has 0 aliphatic rings. The molecule has 116 valence electrons. The van der Waals surface area contributed by atoms with Gasteiger partial charge in [-0.2, -0.15) is 0 Å². The minimum atomic E-state index is -3.86. The second-order valence-corrected chi connectivity index (χ2v) is 7.41. The van der Waals surface area contributed by atoms with Crippen LogP contribution >= 0.6 is 15.9 Å². The zero-order valence-corrected chi connectivity index (χ0v) is 14.3. The van der Waals surface area contributed by atoms with Crippen LogP contribution in [-0.2, 0) is 10.0 Å². The molecule has 7 heteroatoms. The summed E-state index contributed by atoms with van der Waals surface area (Å²) in [6.07, 6.45) is 0. The molecule has 0 radical (unpaired) electrons. The van der Waals surface area contributed by atoms with Gasteiger partial charge in [0.15, 0.2) is 0 Å². The molecule has 0 fully saturated rings. The summed E-state index contributed by atoms with van der Waals surface area (Å²) in [5, 5.41) is 9.07. The first kappa shape index (κ1) is 16.5. The van der Waals surface area contributed by atoms with Gasteiger partial charge in [0, 0.05) is 4.47 Å². The van der Waals surface area contributed by atoms with Crippen molar-refractivity contribution in [3.8, 4) is 0 Å². The molecule has 0 aliphatic carbocycles. The molecule has 2 N–H and O–H groups in total. The lowest BCUT2D eigenvalue weighted by atomic mass is 10.1. The van der Waals surface area contributed by atoms with Crippen LogP contribution in [0.25, 0.3) is 0 Å². The van der Waals surface area contributed by atoms with Gasteiger partial charge in [-0.05, 0) is 59.6 Å². The van der Waals surface area contributed by atoms with E-state index < -0.39 is 16.0 Å². The number of carboxylic acids is 1. The molecule has 0 spiro atoms. The smallest absolute Gasteiger partial charge is 0.336 e. The van der Waals surface area contributed by atoms with Gasteiger partial charge in [0.05, 0.1) is 16.1 Å². The van der Waals surface area contributed by atoms with Crippen molar-refractivity contribution in [3.63, 3.8) is 0 Å². The van der Waals surface area contributed by atoms with Crippen LogP contribution in [-0.4, -0.2) is 19.5 Å². The van der Waals surface area contributed by atoms with E-state index in [1.54, 1.807) is 19.1 Å². The molecule has 0 aromatic heterocycles. The highest BCUT2D eigenvalue weighted by Gasteiger charge is 2.19. The number of halogens is 1. The number of nitrogens with one attached hydrogen (secondary N) is 1. The maximum absolute atomic E-state index is 12.4. The lowest BCUT2D eigenvalue weighted by molar-refractivity contribution is 0.0695. The number of aryl methyl sites for hydroxylation is 2.